The van der Waals surface area contributed by atoms with Gasteiger partial charge < -0.3 is 4.90 Å². The van der Waals surface area contributed by atoms with Crippen molar-refractivity contribution in [2.75, 3.05) is 13.6 Å². The predicted octanol–water partition coefficient (Wildman–Crippen LogP) is 3.79. The summed E-state index contributed by atoms with van der Waals surface area (Å²) in [6.45, 7) is 10.7. The fourth-order valence-electron chi connectivity index (χ4n) is 2.66. The van der Waals surface area contributed by atoms with Gasteiger partial charge in [-0.3, -0.25) is 0 Å². The topological polar surface area (TPSA) is 3.24 Å². The minimum absolute atomic E-state index is 0.702. The van der Waals surface area contributed by atoms with E-state index in [1.807, 2.05) is 0 Å². The number of rotatable bonds is 4. The molecule has 1 fully saturated rings. The first-order chi connectivity index (χ1) is 7.00. The van der Waals surface area contributed by atoms with Crippen molar-refractivity contribution < 1.29 is 0 Å². The van der Waals surface area contributed by atoms with Crippen LogP contribution in [-0.2, 0) is 0 Å². The molecule has 1 aliphatic rings. The Balaban J connectivity index is 2.25. The molecule has 0 N–H and O–H groups in total. The Bertz CT molecular complexity index is 166. The van der Waals surface area contributed by atoms with Crippen LogP contribution in [0.4, 0.5) is 0 Å². The third kappa shape index (κ3) is 4.14. The summed E-state index contributed by atoms with van der Waals surface area (Å²) in [5, 5.41) is 0. The molecule has 0 atom stereocenters. The molecule has 0 unspecified atom stereocenters. The van der Waals surface area contributed by atoms with Crippen LogP contribution >= 0.6 is 0 Å². The summed E-state index contributed by atoms with van der Waals surface area (Å²) >= 11 is 0. The van der Waals surface area contributed by atoms with Crippen LogP contribution in [0.5, 0.6) is 0 Å². The molecule has 0 spiro atoms. The van der Waals surface area contributed by atoms with E-state index in [2.05, 4.69) is 39.6 Å². The minimum Gasteiger partial charge on any atom is -0.304 e. The van der Waals surface area contributed by atoms with Gasteiger partial charge in [-0.2, -0.15) is 0 Å². The second kappa shape index (κ2) is 5.89. The molecule has 0 saturated heterocycles. The van der Waals surface area contributed by atoms with Crippen molar-refractivity contribution in [2.24, 2.45) is 17.8 Å². The highest BCUT2D eigenvalue weighted by atomic mass is 15.1. The normalized spacial score (nSPS) is 28.0. The summed E-state index contributed by atoms with van der Waals surface area (Å²) in [5.41, 5.74) is 0. The van der Waals surface area contributed by atoms with E-state index >= 15 is 0 Å². The maximum atomic E-state index is 2.50. The highest BCUT2D eigenvalue weighted by molar-refractivity contribution is 4.76. The molecule has 1 rings (SSSR count). The molecule has 0 aliphatic heterocycles. The van der Waals surface area contributed by atoms with Crippen LogP contribution in [0.3, 0.4) is 0 Å². The molecule has 0 amide bonds. The van der Waals surface area contributed by atoms with Crippen molar-refractivity contribution in [1.82, 2.24) is 4.90 Å². The molecule has 0 heterocycles. The molecule has 0 radical (unpaired) electrons. The number of nitrogens with zero attached hydrogens (tertiary/aromatic N) is 1. The first kappa shape index (κ1) is 13.0. The van der Waals surface area contributed by atoms with Crippen molar-refractivity contribution in [3.05, 3.63) is 0 Å². The third-order valence-electron chi connectivity index (χ3n) is 4.26. The van der Waals surface area contributed by atoms with Crippen LogP contribution in [0.25, 0.3) is 0 Å². The first-order valence-electron chi connectivity index (χ1n) is 6.71. The molecule has 1 heteroatoms. The van der Waals surface area contributed by atoms with Crippen LogP contribution in [0.1, 0.15) is 53.4 Å². The lowest BCUT2D eigenvalue weighted by atomic mass is 9.77. The smallest absolute Gasteiger partial charge is 0.00356 e. The maximum Gasteiger partial charge on any atom is 0.00356 e. The van der Waals surface area contributed by atoms with Crippen molar-refractivity contribution in [2.45, 2.75) is 59.4 Å². The zero-order valence-electron chi connectivity index (χ0n) is 11.3. The van der Waals surface area contributed by atoms with Crippen molar-refractivity contribution in [1.29, 1.82) is 0 Å². The molecule has 0 bridgehead atoms. The Morgan fingerprint density at radius 1 is 1.00 bits per heavy atom. The summed E-state index contributed by atoms with van der Waals surface area (Å²) < 4.78 is 0. The van der Waals surface area contributed by atoms with Crippen LogP contribution in [0.2, 0.25) is 0 Å². The van der Waals surface area contributed by atoms with E-state index in [1.54, 1.807) is 0 Å². The monoisotopic (exact) mass is 211 g/mol. The fraction of sp³-hybridized carbons (Fsp3) is 1.00. The van der Waals surface area contributed by atoms with Gasteiger partial charge in [0.15, 0.2) is 0 Å². The molecule has 90 valence electrons. The average molecular weight is 211 g/mol. The number of hydrogen-bond acceptors (Lipinski definition) is 1. The van der Waals surface area contributed by atoms with Gasteiger partial charge in [0, 0.05) is 12.6 Å². The lowest BCUT2D eigenvalue weighted by Crippen LogP contribution is -2.33. The second-order valence-corrected chi connectivity index (χ2v) is 6.06. The van der Waals surface area contributed by atoms with Gasteiger partial charge in [-0.15, -0.1) is 0 Å². The van der Waals surface area contributed by atoms with Gasteiger partial charge in [0.1, 0.15) is 0 Å². The summed E-state index contributed by atoms with van der Waals surface area (Å²) in [5.74, 6) is 2.87. The molecule has 1 nitrogen and oxygen atoms in total. The molecule has 1 aliphatic carbocycles. The van der Waals surface area contributed by atoms with Gasteiger partial charge in [-0.05, 0) is 64.3 Å². The average Bonchev–Trinajstić information content (AvgIpc) is 2.18. The summed E-state index contributed by atoms with van der Waals surface area (Å²) in [6, 6.07) is 0.702. The fourth-order valence-corrected chi connectivity index (χ4v) is 2.66. The Morgan fingerprint density at radius 3 is 1.93 bits per heavy atom. The Morgan fingerprint density at radius 2 is 1.53 bits per heavy atom. The minimum atomic E-state index is 0.702. The molecular weight excluding hydrogens is 182 g/mol. The zero-order chi connectivity index (χ0) is 11.4. The summed E-state index contributed by atoms with van der Waals surface area (Å²) in [4.78, 5) is 2.50. The number of hydrogen-bond donors (Lipinski definition) is 0. The molecule has 15 heavy (non-hydrogen) atoms. The van der Waals surface area contributed by atoms with Crippen molar-refractivity contribution in [3.63, 3.8) is 0 Å². The van der Waals surface area contributed by atoms with Gasteiger partial charge >= 0.3 is 0 Å². The van der Waals surface area contributed by atoms with E-state index in [0.717, 1.165) is 17.8 Å². The first-order valence-corrected chi connectivity index (χ1v) is 6.71. The lowest BCUT2D eigenvalue weighted by Gasteiger charge is -2.34. The van der Waals surface area contributed by atoms with Crippen molar-refractivity contribution >= 4 is 0 Å². The SMILES string of the molecule is CC(C)C1CCC(CN(C)C(C)C)CC1. The van der Waals surface area contributed by atoms with E-state index in [-0.39, 0.29) is 0 Å². The highest BCUT2D eigenvalue weighted by Gasteiger charge is 2.24. The van der Waals surface area contributed by atoms with Gasteiger partial charge in [0.25, 0.3) is 0 Å². The Labute approximate surface area is 96.2 Å². The molecule has 0 aromatic rings. The Hall–Kier alpha value is -0.0400. The summed E-state index contributed by atoms with van der Waals surface area (Å²) in [6.07, 6.45) is 5.85. The summed E-state index contributed by atoms with van der Waals surface area (Å²) in [7, 11) is 2.26. The van der Waals surface area contributed by atoms with Gasteiger partial charge in [-0.1, -0.05) is 13.8 Å². The van der Waals surface area contributed by atoms with Crippen LogP contribution in [0.15, 0.2) is 0 Å². The molecule has 0 aromatic heterocycles. The van der Waals surface area contributed by atoms with Gasteiger partial charge in [-0.25, -0.2) is 0 Å². The van der Waals surface area contributed by atoms with E-state index in [1.165, 1.54) is 32.2 Å². The maximum absolute atomic E-state index is 2.50. The van der Waals surface area contributed by atoms with E-state index in [9.17, 15) is 0 Å². The molecular formula is C14H29N. The predicted molar refractivity (Wildman–Crippen MR) is 68.1 cm³/mol. The van der Waals surface area contributed by atoms with Crippen molar-refractivity contribution in [3.8, 4) is 0 Å². The van der Waals surface area contributed by atoms with Gasteiger partial charge in [0.2, 0.25) is 0 Å². The lowest BCUT2D eigenvalue weighted by molar-refractivity contribution is 0.162. The molecule has 0 aromatic carbocycles. The third-order valence-corrected chi connectivity index (χ3v) is 4.26. The second-order valence-electron chi connectivity index (χ2n) is 6.06. The Kier molecular flexibility index (Phi) is 5.11. The van der Waals surface area contributed by atoms with Gasteiger partial charge in [0.05, 0.1) is 0 Å². The zero-order valence-corrected chi connectivity index (χ0v) is 11.3. The largest absolute Gasteiger partial charge is 0.304 e. The van der Waals surface area contributed by atoms with E-state index in [4.69, 9.17) is 0 Å². The van der Waals surface area contributed by atoms with E-state index in [0.29, 0.717) is 6.04 Å². The van der Waals surface area contributed by atoms with Crippen LogP contribution in [-0.4, -0.2) is 24.5 Å². The highest BCUT2D eigenvalue weighted by Crippen LogP contribution is 2.33. The standard InChI is InChI=1S/C14H29N/c1-11(2)14-8-6-13(7-9-14)10-15(5)12(3)4/h11-14H,6-10H2,1-5H3. The van der Waals surface area contributed by atoms with E-state index < -0.39 is 0 Å². The van der Waals surface area contributed by atoms with Crippen LogP contribution < -0.4 is 0 Å². The quantitative estimate of drug-likeness (QED) is 0.684. The molecule has 1 saturated carbocycles. The van der Waals surface area contributed by atoms with Crippen LogP contribution in [0, 0.1) is 17.8 Å².